The third-order valence-electron chi connectivity index (χ3n) is 6.27. The number of nitrogens with zero attached hydrogens (tertiary/aromatic N) is 1. The first kappa shape index (κ1) is 23.3. The molecule has 0 amide bonds. The van der Waals surface area contributed by atoms with E-state index in [1.54, 1.807) is 21.3 Å². The Kier molecular flexibility index (Phi) is 8.47. The lowest BCUT2D eigenvalue weighted by molar-refractivity contribution is 0.247. The second kappa shape index (κ2) is 11.3. The first-order valence-electron chi connectivity index (χ1n) is 11.5. The van der Waals surface area contributed by atoms with Gasteiger partial charge >= 0.3 is 0 Å². The molecule has 1 N–H and O–H groups in total. The van der Waals surface area contributed by atoms with Crippen LogP contribution in [0.5, 0.6) is 23.0 Å². The summed E-state index contributed by atoms with van der Waals surface area (Å²) in [6.45, 7) is 5.21. The average molecular weight is 428 g/mol. The summed E-state index contributed by atoms with van der Waals surface area (Å²) in [4.78, 5) is 2.51. The molecular formula is C26H37NO4. The molecule has 0 unspecified atom stereocenters. The minimum atomic E-state index is 0.172. The number of phenols is 1. The van der Waals surface area contributed by atoms with Gasteiger partial charge in [0.2, 0.25) is 0 Å². The Labute approximate surface area is 186 Å². The molecule has 0 saturated carbocycles. The quantitative estimate of drug-likeness (QED) is 0.459. The van der Waals surface area contributed by atoms with Gasteiger partial charge in [0.05, 0.1) is 21.3 Å². The van der Waals surface area contributed by atoms with Crippen molar-refractivity contribution in [3.05, 3.63) is 35.4 Å². The van der Waals surface area contributed by atoms with Crippen molar-refractivity contribution in [1.29, 1.82) is 0 Å². The monoisotopic (exact) mass is 427 g/mol. The van der Waals surface area contributed by atoms with E-state index in [0.29, 0.717) is 11.5 Å². The van der Waals surface area contributed by atoms with Crippen LogP contribution in [0.25, 0.3) is 11.1 Å². The van der Waals surface area contributed by atoms with Crippen LogP contribution in [0.3, 0.4) is 0 Å². The molecule has 0 atom stereocenters. The summed E-state index contributed by atoms with van der Waals surface area (Å²) in [5.41, 5.74) is 4.07. The van der Waals surface area contributed by atoms with Crippen LogP contribution in [0.15, 0.2) is 24.3 Å². The molecule has 3 rings (SSSR count). The van der Waals surface area contributed by atoms with Gasteiger partial charge in [0.15, 0.2) is 11.5 Å². The Balaban J connectivity index is 1.88. The number of methoxy groups -OCH3 is 3. The lowest BCUT2D eigenvalue weighted by Crippen LogP contribution is -2.31. The lowest BCUT2D eigenvalue weighted by Gasteiger charge is -2.31. The van der Waals surface area contributed by atoms with E-state index in [9.17, 15) is 5.11 Å². The van der Waals surface area contributed by atoms with Crippen LogP contribution in [-0.4, -0.2) is 44.4 Å². The van der Waals surface area contributed by atoms with Crippen molar-refractivity contribution in [2.75, 3.05) is 34.4 Å². The van der Waals surface area contributed by atoms with Crippen molar-refractivity contribution in [2.45, 2.75) is 58.4 Å². The highest BCUT2D eigenvalue weighted by molar-refractivity contribution is 5.82. The van der Waals surface area contributed by atoms with Gasteiger partial charge in [0.1, 0.15) is 11.5 Å². The first-order chi connectivity index (χ1) is 15.1. The number of aromatic hydroxyl groups is 1. The van der Waals surface area contributed by atoms with Crippen molar-refractivity contribution < 1.29 is 19.3 Å². The fraction of sp³-hybridized carbons (Fsp3) is 0.538. The molecule has 31 heavy (non-hydrogen) atoms. The van der Waals surface area contributed by atoms with Crippen molar-refractivity contribution in [1.82, 2.24) is 4.90 Å². The Morgan fingerprint density at radius 2 is 1.65 bits per heavy atom. The zero-order valence-electron chi connectivity index (χ0n) is 19.5. The molecule has 2 aromatic rings. The maximum absolute atomic E-state index is 11.1. The number of ether oxygens (including phenoxy) is 3. The molecule has 0 aliphatic carbocycles. The van der Waals surface area contributed by atoms with Crippen molar-refractivity contribution in [3.8, 4) is 34.1 Å². The van der Waals surface area contributed by atoms with Crippen LogP contribution < -0.4 is 14.2 Å². The van der Waals surface area contributed by atoms with E-state index < -0.39 is 0 Å². The van der Waals surface area contributed by atoms with E-state index in [-0.39, 0.29) is 5.75 Å². The molecule has 0 radical (unpaired) electrons. The van der Waals surface area contributed by atoms with Gasteiger partial charge in [0, 0.05) is 30.3 Å². The van der Waals surface area contributed by atoms with E-state index in [1.807, 2.05) is 24.3 Å². The molecule has 1 heterocycles. The van der Waals surface area contributed by atoms with Gasteiger partial charge in [-0.3, -0.25) is 4.90 Å². The minimum Gasteiger partial charge on any atom is -0.504 e. The molecule has 5 heteroatoms. The molecule has 0 spiro atoms. The maximum Gasteiger partial charge on any atom is 0.166 e. The van der Waals surface area contributed by atoms with Gasteiger partial charge in [-0.05, 0) is 48.7 Å². The van der Waals surface area contributed by atoms with E-state index in [2.05, 4.69) is 11.8 Å². The van der Waals surface area contributed by atoms with Crippen LogP contribution in [0.4, 0.5) is 0 Å². The predicted molar refractivity (Wildman–Crippen MR) is 126 cm³/mol. The van der Waals surface area contributed by atoms with E-state index >= 15 is 0 Å². The minimum absolute atomic E-state index is 0.172. The normalized spacial score (nSPS) is 13.7. The van der Waals surface area contributed by atoms with Crippen LogP contribution in [0, 0.1) is 0 Å². The molecule has 0 saturated heterocycles. The number of phenolic OH excluding ortho intramolecular Hbond substituents is 1. The lowest BCUT2D eigenvalue weighted by atomic mass is 9.89. The predicted octanol–water partition coefficient (Wildman–Crippen LogP) is 5.80. The number of benzene rings is 2. The molecule has 0 fully saturated rings. The SMILES string of the molecule is CCCCCCCCN1CCc2cc(OC)c(O)c(-c3ccc(OC)cc3OC)c2C1. The Morgan fingerprint density at radius 3 is 2.35 bits per heavy atom. The number of rotatable bonds is 11. The summed E-state index contributed by atoms with van der Waals surface area (Å²) in [5.74, 6) is 2.09. The Bertz CT molecular complexity index is 865. The standard InChI is InChI=1S/C26H37NO4/c1-5-6-7-8-9-10-14-27-15-13-19-16-24(31-4)26(28)25(22(19)18-27)21-12-11-20(29-2)17-23(21)30-3/h11-12,16-17,28H,5-10,13-15,18H2,1-4H3. The summed E-state index contributed by atoms with van der Waals surface area (Å²) < 4.78 is 16.5. The van der Waals surface area contributed by atoms with Gasteiger partial charge < -0.3 is 19.3 Å². The summed E-state index contributed by atoms with van der Waals surface area (Å²) in [5, 5.41) is 11.1. The number of hydrogen-bond acceptors (Lipinski definition) is 5. The summed E-state index contributed by atoms with van der Waals surface area (Å²) >= 11 is 0. The molecular weight excluding hydrogens is 390 g/mol. The highest BCUT2D eigenvalue weighted by atomic mass is 16.5. The summed E-state index contributed by atoms with van der Waals surface area (Å²) in [6, 6.07) is 7.71. The zero-order valence-corrected chi connectivity index (χ0v) is 19.5. The molecule has 0 aromatic heterocycles. The molecule has 170 valence electrons. The van der Waals surface area contributed by atoms with E-state index in [0.717, 1.165) is 42.9 Å². The first-order valence-corrected chi connectivity index (χ1v) is 11.5. The molecule has 2 aromatic carbocycles. The van der Waals surface area contributed by atoms with Crippen molar-refractivity contribution in [2.24, 2.45) is 0 Å². The zero-order chi connectivity index (χ0) is 22.2. The maximum atomic E-state index is 11.1. The summed E-state index contributed by atoms with van der Waals surface area (Å²) in [7, 11) is 4.89. The van der Waals surface area contributed by atoms with Gasteiger partial charge in [0.25, 0.3) is 0 Å². The number of unbranched alkanes of at least 4 members (excludes halogenated alkanes) is 5. The fourth-order valence-corrected chi connectivity index (χ4v) is 4.48. The number of fused-ring (bicyclic) bond motifs is 1. The second-order valence-electron chi connectivity index (χ2n) is 8.30. The summed E-state index contributed by atoms with van der Waals surface area (Å²) in [6.07, 6.45) is 8.75. The van der Waals surface area contributed by atoms with Gasteiger partial charge in [-0.15, -0.1) is 0 Å². The molecule has 1 aliphatic heterocycles. The van der Waals surface area contributed by atoms with Crippen molar-refractivity contribution in [3.63, 3.8) is 0 Å². The number of hydrogen-bond donors (Lipinski definition) is 1. The third kappa shape index (κ3) is 5.45. The van der Waals surface area contributed by atoms with Crippen LogP contribution >= 0.6 is 0 Å². The molecule has 5 nitrogen and oxygen atoms in total. The average Bonchev–Trinajstić information content (AvgIpc) is 2.80. The van der Waals surface area contributed by atoms with Crippen molar-refractivity contribution >= 4 is 0 Å². The fourth-order valence-electron chi connectivity index (χ4n) is 4.48. The van der Waals surface area contributed by atoms with Gasteiger partial charge in [-0.25, -0.2) is 0 Å². The second-order valence-corrected chi connectivity index (χ2v) is 8.30. The Morgan fingerprint density at radius 1 is 0.903 bits per heavy atom. The van der Waals surface area contributed by atoms with E-state index in [1.165, 1.54) is 49.7 Å². The highest BCUT2D eigenvalue weighted by Crippen LogP contribution is 2.47. The van der Waals surface area contributed by atoms with Crippen LogP contribution in [0.1, 0.15) is 56.6 Å². The smallest absolute Gasteiger partial charge is 0.166 e. The largest absolute Gasteiger partial charge is 0.504 e. The molecule has 1 aliphatic rings. The topological polar surface area (TPSA) is 51.2 Å². The van der Waals surface area contributed by atoms with Crippen LogP contribution in [-0.2, 0) is 13.0 Å². The molecule has 0 bridgehead atoms. The van der Waals surface area contributed by atoms with E-state index in [4.69, 9.17) is 14.2 Å². The van der Waals surface area contributed by atoms with Crippen LogP contribution in [0.2, 0.25) is 0 Å². The van der Waals surface area contributed by atoms with Gasteiger partial charge in [-0.2, -0.15) is 0 Å². The highest BCUT2D eigenvalue weighted by Gasteiger charge is 2.26. The van der Waals surface area contributed by atoms with Gasteiger partial charge in [-0.1, -0.05) is 39.0 Å². The Hall–Kier alpha value is -2.40. The third-order valence-corrected chi connectivity index (χ3v) is 6.27.